The Balaban J connectivity index is 1.83. The van der Waals surface area contributed by atoms with Crippen LogP contribution in [0.5, 0.6) is 0 Å². The van der Waals surface area contributed by atoms with Crippen LogP contribution in [0.1, 0.15) is 53.7 Å². The highest BCUT2D eigenvalue weighted by molar-refractivity contribution is 6.01. The van der Waals surface area contributed by atoms with Crippen LogP contribution >= 0.6 is 0 Å². The highest BCUT2D eigenvalue weighted by Crippen LogP contribution is 2.44. The number of benzene rings is 2. The zero-order valence-electron chi connectivity index (χ0n) is 19.0. The maximum Gasteiger partial charge on any atom is 0.254 e. The van der Waals surface area contributed by atoms with Gasteiger partial charge in [-0.25, -0.2) is 4.39 Å². The van der Waals surface area contributed by atoms with Gasteiger partial charge in [-0.15, -0.1) is 0 Å². The third-order valence-corrected chi connectivity index (χ3v) is 6.63. The van der Waals surface area contributed by atoms with Gasteiger partial charge < -0.3 is 14.5 Å². The van der Waals surface area contributed by atoms with Crippen molar-refractivity contribution in [3.63, 3.8) is 0 Å². The van der Waals surface area contributed by atoms with Crippen LogP contribution in [0.2, 0.25) is 0 Å². The Morgan fingerprint density at radius 2 is 1.72 bits per heavy atom. The van der Waals surface area contributed by atoms with Crippen molar-refractivity contribution < 1.29 is 18.7 Å². The minimum atomic E-state index is -0.552. The van der Waals surface area contributed by atoms with Gasteiger partial charge in [0.05, 0.1) is 18.6 Å². The molecule has 6 heteroatoms. The van der Waals surface area contributed by atoms with Crippen molar-refractivity contribution in [2.24, 2.45) is 11.8 Å². The second-order valence-electron chi connectivity index (χ2n) is 9.24. The molecule has 0 radical (unpaired) electrons. The molecule has 0 aliphatic carbocycles. The molecule has 5 nitrogen and oxygen atoms in total. The number of methoxy groups -OCH3 is 1. The molecule has 4 atom stereocenters. The first-order valence-electron chi connectivity index (χ1n) is 11.3. The minimum Gasteiger partial charge on any atom is -0.383 e. The van der Waals surface area contributed by atoms with E-state index in [9.17, 15) is 14.0 Å². The number of hydrogen-bond donors (Lipinski definition) is 0. The number of carbonyl (C=O) groups is 2. The fourth-order valence-electron chi connectivity index (χ4n) is 5.36. The number of nitrogens with zero attached hydrogens (tertiary/aromatic N) is 2. The summed E-state index contributed by atoms with van der Waals surface area (Å²) in [6.45, 7) is 6.48. The van der Waals surface area contributed by atoms with E-state index in [-0.39, 0.29) is 17.6 Å². The van der Waals surface area contributed by atoms with Crippen LogP contribution < -0.4 is 0 Å². The van der Waals surface area contributed by atoms with E-state index in [2.05, 4.69) is 13.8 Å². The molecule has 4 unspecified atom stereocenters. The molecule has 2 amide bonds. The van der Waals surface area contributed by atoms with Crippen molar-refractivity contribution in [3.05, 3.63) is 71.0 Å². The quantitative estimate of drug-likeness (QED) is 0.701. The largest absolute Gasteiger partial charge is 0.383 e. The highest BCUT2D eigenvalue weighted by atomic mass is 19.1. The fraction of sp³-hybridized carbons (Fsp3) is 0.462. The molecule has 0 aromatic heterocycles. The van der Waals surface area contributed by atoms with Gasteiger partial charge in [0.15, 0.2) is 0 Å². The summed E-state index contributed by atoms with van der Waals surface area (Å²) in [5.41, 5.74) is 2.05. The molecule has 4 rings (SSSR count). The summed E-state index contributed by atoms with van der Waals surface area (Å²) < 4.78 is 19.0. The van der Waals surface area contributed by atoms with Gasteiger partial charge in [0, 0.05) is 32.3 Å². The van der Waals surface area contributed by atoms with Crippen molar-refractivity contribution in [1.29, 1.82) is 0 Å². The van der Waals surface area contributed by atoms with Crippen molar-refractivity contribution in [2.75, 3.05) is 33.4 Å². The molecule has 1 saturated heterocycles. The molecule has 170 valence electrons. The molecular weight excluding hydrogens is 407 g/mol. The molecule has 0 spiro atoms. The lowest BCUT2D eigenvalue weighted by atomic mass is 9.78. The maximum atomic E-state index is 14.1. The molecule has 1 fully saturated rings. The van der Waals surface area contributed by atoms with Gasteiger partial charge in [-0.2, -0.15) is 0 Å². The Morgan fingerprint density at radius 3 is 2.38 bits per heavy atom. The summed E-state index contributed by atoms with van der Waals surface area (Å²) in [5, 5.41) is 0. The van der Waals surface area contributed by atoms with Crippen LogP contribution in [-0.4, -0.2) is 55.0 Å². The number of fused-ring (bicyclic) bond motifs is 1. The number of carbonyl (C=O) groups excluding carboxylic acids is 2. The third kappa shape index (κ3) is 4.29. The summed E-state index contributed by atoms with van der Waals surface area (Å²) in [5.74, 6) is -0.143. The predicted molar refractivity (Wildman–Crippen MR) is 121 cm³/mol. The van der Waals surface area contributed by atoms with Crippen molar-refractivity contribution in [2.45, 2.75) is 32.2 Å². The van der Waals surface area contributed by atoms with Gasteiger partial charge in [-0.05, 0) is 47.6 Å². The average Bonchev–Trinajstić information content (AvgIpc) is 2.78. The van der Waals surface area contributed by atoms with E-state index in [0.29, 0.717) is 43.6 Å². The Morgan fingerprint density at radius 1 is 1.06 bits per heavy atom. The predicted octanol–water partition coefficient (Wildman–Crippen LogP) is 4.26. The normalized spacial score (nSPS) is 25.6. The summed E-state index contributed by atoms with van der Waals surface area (Å²) in [7, 11) is 1.59. The molecule has 0 bridgehead atoms. The second kappa shape index (κ2) is 9.41. The summed E-state index contributed by atoms with van der Waals surface area (Å²) >= 11 is 0. The number of piperidine rings is 1. The van der Waals surface area contributed by atoms with E-state index in [1.165, 1.54) is 12.1 Å². The number of halogens is 1. The third-order valence-electron chi connectivity index (χ3n) is 6.63. The molecule has 32 heavy (non-hydrogen) atoms. The zero-order valence-corrected chi connectivity index (χ0v) is 19.0. The van der Waals surface area contributed by atoms with Crippen LogP contribution in [-0.2, 0) is 9.53 Å². The Bertz CT molecular complexity index is 967. The van der Waals surface area contributed by atoms with Crippen molar-refractivity contribution in [1.82, 2.24) is 9.80 Å². The smallest absolute Gasteiger partial charge is 0.254 e. The molecule has 0 saturated carbocycles. The van der Waals surface area contributed by atoms with Crippen LogP contribution in [0, 0.1) is 17.7 Å². The lowest BCUT2D eigenvalue weighted by Crippen LogP contribution is -2.51. The first-order chi connectivity index (χ1) is 15.4. The molecule has 2 aliphatic rings. The van der Waals surface area contributed by atoms with Gasteiger partial charge in [0.25, 0.3) is 5.91 Å². The number of likely N-dealkylation sites (tertiary alicyclic amines) is 1. The van der Waals surface area contributed by atoms with Crippen LogP contribution in [0.15, 0.2) is 48.5 Å². The summed E-state index contributed by atoms with van der Waals surface area (Å²) in [4.78, 5) is 31.2. The Hall–Kier alpha value is -2.73. The maximum absolute atomic E-state index is 14.1. The van der Waals surface area contributed by atoms with Crippen molar-refractivity contribution in [3.8, 4) is 0 Å². The first-order valence-corrected chi connectivity index (χ1v) is 11.3. The van der Waals surface area contributed by atoms with E-state index in [1.807, 2.05) is 23.1 Å². The highest BCUT2D eigenvalue weighted by Gasteiger charge is 2.45. The first kappa shape index (κ1) is 22.5. The van der Waals surface area contributed by atoms with Crippen LogP contribution in [0.25, 0.3) is 0 Å². The summed E-state index contributed by atoms with van der Waals surface area (Å²) in [6.07, 6.45) is 1.10. The van der Waals surface area contributed by atoms with E-state index in [0.717, 1.165) is 17.5 Å². The Kier molecular flexibility index (Phi) is 6.60. The van der Waals surface area contributed by atoms with E-state index >= 15 is 0 Å². The number of rotatable bonds is 5. The van der Waals surface area contributed by atoms with E-state index in [1.54, 1.807) is 30.2 Å². The van der Waals surface area contributed by atoms with Crippen LogP contribution in [0.3, 0.4) is 0 Å². The van der Waals surface area contributed by atoms with Gasteiger partial charge in [0.1, 0.15) is 5.82 Å². The van der Waals surface area contributed by atoms with Gasteiger partial charge in [-0.3, -0.25) is 9.59 Å². The molecule has 2 heterocycles. The zero-order chi connectivity index (χ0) is 22.8. The van der Waals surface area contributed by atoms with Gasteiger partial charge >= 0.3 is 0 Å². The standard InChI is InChI=1S/C26H31FN2O3/c1-17-14-18(2)16-28(15-17)26(31)23-21-6-4-5-7-22(21)25(30)29(12-13-32-3)24(23)19-8-10-20(27)11-9-19/h4-11,17-18,23-24H,12-16H2,1-3H3. The molecular formula is C26H31FN2O3. The monoisotopic (exact) mass is 438 g/mol. The topological polar surface area (TPSA) is 49.9 Å². The lowest BCUT2D eigenvalue weighted by Gasteiger charge is -2.45. The molecule has 2 aromatic rings. The number of ether oxygens (including phenoxy) is 1. The van der Waals surface area contributed by atoms with E-state index < -0.39 is 12.0 Å². The molecule has 0 N–H and O–H groups in total. The lowest BCUT2D eigenvalue weighted by molar-refractivity contribution is -0.137. The number of amides is 2. The second-order valence-corrected chi connectivity index (χ2v) is 9.24. The summed E-state index contributed by atoms with van der Waals surface area (Å²) in [6, 6.07) is 13.0. The average molecular weight is 439 g/mol. The van der Waals surface area contributed by atoms with Gasteiger partial charge in [-0.1, -0.05) is 44.2 Å². The fourth-order valence-corrected chi connectivity index (χ4v) is 5.36. The molecule has 2 aliphatic heterocycles. The van der Waals surface area contributed by atoms with Crippen LogP contribution in [0.4, 0.5) is 4.39 Å². The minimum absolute atomic E-state index is 0.0279. The molecule has 2 aromatic carbocycles. The SMILES string of the molecule is COCCN1C(=O)c2ccccc2C(C(=O)N2CC(C)CC(C)C2)C1c1ccc(F)cc1. The van der Waals surface area contributed by atoms with Gasteiger partial charge in [0.2, 0.25) is 5.91 Å². The van der Waals surface area contributed by atoms with E-state index in [4.69, 9.17) is 4.74 Å². The van der Waals surface area contributed by atoms with Crippen molar-refractivity contribution >= 4 is 11.8 Å². The number of hydrogen-bond acceptors (Lipinski definition) is 3. The Labute approximate surface area is 189 Å².